The first-order valence-electron chi connectivity index (χ1n) is 4.50. The van der Waals surface area contributed by atoms with E-state index in [-0.39, 0.29) is 16.5 Å². The highest BCUT2D eigenvalue weighted by atomic mass is 35.5. The molecule has 4 heteroatoms. The minimum atomic E-state index is -0.0348. The van der Waals surface area contributed by atoms with Crippen molar-refractivity contribution in [2.75, 3.05) is 11.4 Å². The Labute approximate surface area is 92.5 Å². The highest BCUT2D eigenvalue weighted by Gasteiger charge is 2.12. The van der Waals surface area contributed by atoms with Gasteiger partial charge in [-0.25, -0.2) is 0 Å². The number of phenolic OH excluding ortho intramolecular Hbond substituents is 2. The van der Waals surface area contributed by atoms with Crippen LogP contribution in [0.4, 0.5) is 5.69 Å². The summed E-state index contributed by atoms with van der Waals surface area (Å²) >= 11 is 5.66. The molecule has 1 aromatic rings. The van der Waals surface area contributed by atoms with Crippen molar-refractivity contribution in [1.82, 2.24) is 0 Å². The van der Waals surface area contributed by atoms with Crippen molar-refractivity contribution >= 4 is 17.3 Å². The van der Waals surface area contributed by atoms with E-state index in [1.807, 2.05) is 29.3 Å². The second-order valence-corrected chi connectivity index (χ2v) is 3.62. The van der Waals surface area contributed by atoms with E-state index < -0.39 is 0 Å². The minimum absolute atomic E-state index is 0.0348. The Kier molecular flexibility index (Phi) is 2.56. The molecule has 15 heavy (non-hydrogen) atoms. The van der Waals surface area contributed by atoms with E-state index in [9.17, 15) is 10.2 Å². The van der Waals surface area contributed by atoms with Crippen LogP contribution in [0.3, 0.4) is 0 Å². The van der Waals surface area contributed by atoms with Gasteiger partial charge in [0, 0.05) is 24.9 Å². The van der Waals surface area contributed by atoms with Crippen LogP contribution in [0.25, 0.3) is 0 Å². The van der Waals surface area contributed by atoms with Gasteiger partial charge in [0.1, 0.15) is 11.5 Å². The molecule has 0 radical (unpaired) electrons. The molecule has 0 unspecified atom stereocenters. The van der Waals surface area contributed by atoms with Gasteiger partial charge in [-0.2, -0.15) is 0 Å². The molecule has 1 aliphatic rings. The van der Waals surface area contributed by atoms with Gasteiger partial charge in [0.25, 0.3) is 0 Å². The summed E-state index contributed by atoms with van der Waals surface area (Å²) in [6, 6.07) is 2.78. The van der Waals surface area contributed by atoms with Crippen molar-refractivity contribution in [3.63, 3.8) is 0 Å². The molecule has 1 aromatic carbocycles. The molecular weight excluding hydrogens is 214 g/mol. The van der Waals surface area contributed by atoms with E-state index in [0.717, 1.165) is 0 Å². The third-order valence-corrected chi connectivity index (χ3v) is 2.47. The Bertz CT molecular complexity index is 440. The molecule has 0 fully saturated rings. The molecule has 0 aliphatic carbocycles. The fraction of sp³-hybridized carbons (Fsp3) is 0.0909. The monoisotopic (exact) mass is 223 g/mol. The third-order valence-electron chi connectivity index (χ3n) is 2.17. The molecule has 0 atom stereocenters. The quantitative estimate of drug-likeness (QED) is 0.720. The van der Waals surface area contributed by atoms with Crippen molar-refractivity contribution in [3.05, 3.63) is 41.6 Å². The standard InChI is InChI=1S/C11H10ClNO2/c12-8-6-11(15)9(7-10(8)14)13-4-2-1-3-5-13/h1-4,6-7,14-15H,5H2. The van der Waals surface area contributed by atoms with E-state index in [2.05, 4.69) is 0 Å². The molecular formula is C11H10ClNO2. The zero-order valence-electron chi connectivity index (χ0n) is 7.89. The van der Waals surface area contributed by atoms with Gasteiger partial charge in [0.2, 0.25) is 0 Å². The lowest BCUT2D eigenvalue weighted by Crippen LogP contribution is -2.17. The molecule has 0 amide bonds. The van der Waals surface area contributed by atoms with Gasteiger partial charge in [-0.3, -0.25) is 0 Å². The number of benzene rings is 1. The van der Waals surface area contributed by atoms with Gasteiger partial charge in [-0.1, -0.05) is 23.8 Å². The normalized spacial score (nSPS) is 14.6. The lowest BCUT2D eigenvalue weighted by molar-refractivity contribution is 0.461. The van der Waals surface area contributed by atoms with Crippen molar-refractivity contribution < 1.29 is 10.2 Å². The predicted octanol–water partition coefficient (Wildman–Crippen LogP) is 2.64. The van der Waals surface area contributed by atoms with Crippen LogP contribution in [-0.2, 0) is 0 Å². The summed E-state index contributed by atoms with van der Waals surface area (Å²) in [4.78, 5) is 1.81. The second-order valence-electron chi connectivity index (χ2n) is 3.21. The number of nitrogens with zero attached hydrogens (tertiary/aromatic N) is 1. The van der Waals surface area contributed by atoms with Crippen LogP contribution in [0.5, 0.6) is 11.5 Å². The van der Waals surface area contributed by atoms with Crippen molar-refractivity contribution in [2.24, 2.45) is 0 Å². The SMILES string of the molecule is Oc1cc(N2C=CC=CC2)c(O)cc1Cl. The maximum Gasteiger partial charge on any atom is 0.140 e. The van der Waals surface area contributed by atoms with Crippen LogP contribution in [0.15, 0.2) is 36.6 Å². The average Bonchev–Trinajstić information content (AvgIpc) is 2.25. The zero-order valence-corrected chi connectivity index (χ0v) is 8.65. The fourth-order valence-electron chi connectivity index (χ4n) is 1.42. The molecule has 2 rings (SSSR count). The number of hydrogen-bond donors (Lipinski definition) is 2. The van der Waals surface area contributed by atoms with Crippen molar-refractivity contribution in [2.45, 2.75) is 0 Å². The first-order valence-corrected chi connectivity index (χ1v) is 4.88. The molecule has 2 N–H and O–H groups in total. The van der Waals surface area contributed by atoms with Gasteiger partial charge >= 0.3 is 0 Å². The predicted molar refractivity (Wildman–Crippen MR) is 60.4 cm³/mol. The summed E-state index contributed by atoms with van der Waals surface area (Å²) in [5, 5.41) is 19.3. The Morgan fingerprint density at radius 1 is 1.13 bits per heavy atom. The molecule has 0 spiro atoms. The number of hydrogen-bond acceptors (Lipinski definition) is 3. The lowest BCUT2D eigenvalue weighted by atomic mass is 10.2. The van der Waals surface area contributed by atoms with Gasteiger partial charge in [0.15, 0.2) is 0 Å². The number of aromatic hydroxyl groups is 2. The molecule has 0 saturated heterocycles. The van der Waals surface area contributed by atoms with Gasteiger partial charge in [-0.05, 0) is 6.08 Å². The van der Waals surface area contributed by atoms with Gasteiger partial charge < -0.3 is 15.1 Å². The number of rotatable bonds is 1. The average molecular weight is 224 g/mol. The first-order chi connectivity index (χ1) is 7.18. The van der Waals surface area contributed by atoms with Gasteiger partial charge in [0.05, 0.1) is 10.7 Å². The summed E-state index contributed by atoms with van der Waals surface area (Å²) in [5.74, 6) is 0.0187. The molecule has 0 saturated carbocycles. The molecule has 78 valence electrons. The van der Waals surface area contributed by atoms with E-state index in [1.165, 1.54) is 12.1 Å². The fourth-order valence-corrected chi connectivity index (χ4v) is 1.57. The van der Waals surface area contributed by atoms with E-state index in [4.69, 9.17) is 11.6 Å². The molecule has 0 aromatic heterocycles. The Morgan fingerprint density at radius 3 is 2.60 bits per heavy atom. The maximum atomic E-state index is 9.67. The van der Waals surface area contributed by atoms with Gasteiger partial charge in [-0.15, -0.1) is 0 Å². The molecule has 3 nitrogen and oxygen atoms in total. The lowest BCUT2D eigenvalue weighted by Gasteiger charge is -2.21. The molecule has 1 heterocycles. The summed E-state index contributed by atoms with van der Waals surface area (Å²) in [6.07, 6.45) is 7.55. The van der Waals surface area contributed by atoms with Crippen LogP contribution in [0.1, 0.15) is 0 Å². The van der Waals surface area contributed by atoms with E-state index >= 15 is 0 Å². The summed E-state index contributed by atoms with van der Waals surface area (Å²) in [5.41, 5.74) is 0.539. The Balaban J connectivity index is 2.40. The van der Waals surface area contributed by atoms with E-state index in [1.54, 1.807) is 0 Å². The van der Waals surface area contributed by atoms with Crippen molar-refractivity contribution in [1.29, 1.82) is 0 Å². The zero-order chi connectivity index (χ0) is 10.8. The first kappa shape index (κ1) is 9.93. The second kappa shape index (κ2) is 3.87. The highest BCUT2D eigenvalue weighted by Crippen LogP contribution is 2.37. The summed E-state index contributed by atoms with van der Waals surface area (Å²) in [6.45, 7) is 0.658. The number of phenols is 2. The number of anilines is 1. The van der Waals surface area contributed by atoms with Crippen LogP contribution >= 0.6 is 11.6 Å². The highest BCUT2D eigenvalue weighted by molar-refractivity contribution is 6.32. The van der Waals surface area contributed by atoms with Crippen LogP contribution < -0.4 is 4.90 Å². The minimum Gasteiger partial charge on any atom is -0.506 e. The molecule has 0 bridgehead atoms. The number of allylic oxidation sites excluding steroid dienone is 2. The Hall–Kier alpha value is -1.61. The van der Waals surface area contributed by atoms with E-state index in [0.29, 0.717) is 12.2 Å². The van der Waals surface area contributed by atoms with Crippen molar-refractivity contribution in [3.8, 4) is 11.5 Å². The topological polar surface area (TPSA) is 43.7 Å². The third kappa shape index (κ3) is 1.92. The summed E-state index contributed by atoms with van der Waals surface area (Å²) in [7, 11) is 0. The molecule has 1 aliphatic heterocycles. The maximum absolute atomic E-state index is 9.67. The van der Waals surface area contributed by atoms with Crippen LogP contribution in [0.2, 0.25) is 5.02 Å². The Morgan fingerprint density at radius 2 is 1.93 bits per heavy atom. The van der Waals surface area contributed by atoms with Crippen LogP contribution in [0, 0.1) is 0 Å². The number of halogens is 1. The smallest absolute Gasteiger partial charge is 0.140 e. The largest absolute Gasteiger partial charge is 0.506 e. The van der Waals surface area contributed by atoms with Crippen LogP contribution in [-0.4, -0.2) is 16.8 Å². The summed E-state index contributed by atoms with van der Waals surface area (Å²) < 4.78 is 0.